The fourth-order valence-electron chi connectivity index (χ4n) is 0.644. The third-order valence-corrected chi connectivity index (χ3v) is 0.942. The van der Waals surface area contributed by atoms with Gasteiger partial charge in [0, 0.05) is 6.42 Å². The Hall–Kier alpha value is -0.570. The van der Waals surface area contributed by atoms with Gasteiger partial charge < -0.3 is 10.5 Å². The van der Waals surface area contributed by atoms with Gasteiger partial charge in [0.1, 0.15) is 0 Å². The van der Waals surface area contributed by atoms with Crippen LogP contribution < -0.4 is 5.73 Å². The first-order valence-electron chi connectivity index (χ1n) is 4.83. The zero-order valence-electron chi connectivity index (χ0n) is 9.46. The Morgan fingerprint density at radius 3 is 1.92 bits per heavy atom. The molecule has 0 aliphatic rings. The summed E-state index contributed by atoms with van der Waals surface area (Å²) in [4.78, 5) is 10.8. The molecule has 3 nitrogen and oxygen atoms in total. The Morgan fingerprint density at radius 1 is 1.31 bits per heavy atom. The van der Waals surface area contributed by atoms with Gasteiger partial charge in [-0.1, -0.05) is 20.8 Å². The largest absolute Gasteiger partial charge is 0.463 e. The summed E-state index contributed by atoms with van der Waals surface area (Å²) in [5, 5.41) is 0. The van der Waals surface area contributed by atoms with Crippen molar-refractivity contribution >= 4 is 5.97 Å². The minimum Gasteiger partial charge on any atom is -0.463 e. The molecule has 0 aliphatic carbocycles. The van der Waals surface area contributed by atoms with E-state index in [4.69, 9.17) is 10.5 Å². The lowest BCUT2D eigenvalue weighted by molar-refractivity contribution is -0.148. The van der Waals surface area contributed by atoms with Gasteiger partial charge in [-0.15, -0.1) is 0 Å². The number of nitrogens with two attached hydrogens (primary N) is 1. The number of esters is 1. The molecule has 0 saturated heterocycles. The lowest BCUT2D eigenvalue weighted by Gasteiger charge is -2.08. The van der Waals surface area contributed by atoms with Gasteiger partial charge >= 0.3 is 5.97 Å². The van der Waals surface area contributed by atoms with E-state index in [-0.39, 0.29) is 12.1 Å². The minimum atomic E-state index is -0.0926. The van der Waals surface area contributed by atoms with Gasteiger partial charge in [-0.2, -0.15) is 0 Å². The van der Waals surface area contributed by atoms with Gasteiger partial charge in [0.05, 0.1) is 6.10 Å². The maximum atomic E-state index is 10.8. The van der Waals surface area contributed by atoms with Crippen LogP contribution in [0.4, 0.5) is 0 Å². The van der Waals surface area contributed by atoms with Crippen LogP contribution in [0.3, 0.4) is 0 Å². The van der Waals surface area contributed by atoms with Crippen LogP contribution in [0, 0.1) is 5.92 Å². The van der Waals surface area contributed by atoms with Crippen molar-refractivity contribution in [3.63, 3.8) is 0 Å². The highest BCUT2D eigenvalue weighted by atomic mass is 16.5. The molecule has 0 fully saturated rings. The lowest BCUT2D eigenvalue weighted by Crippen LogP contribution is -2.12. The molecule has 80 valence electrons. The summed E-state index contributed by atoms with van der Waals surface area (Å²) in [7, 11) is 0. The summed E-state index contributed by atoms with van der Waals surface area (Å²) in [5.74, 6) is 0.302. The molecule has 0 bridgehead atoms. The molecule has 0 aromatic heterocycles. The molecule has 2 N–H and O–H groups in total. The Morgan fingerprint density at radius 2 is 1.69 bits per heavy atom. The molecule has 0 aromatic rings. The summed E-state index contributed by atoms with van der Waals surface area (Å²) in [6.45, 7) is 10.4. The molecule has 0 saturated carbocycles. The fourth-order valence-corrected chi connectivity index (χ4v) is 0.644. The van der Waals surface area contributed by atoms with E-state index in [0.29, 0.717) is 12.3 Å². The van der Waals surface area contributed by atoms with Crippen molar-refractivity contribution in [1.29, 1.82) is 0 Å². The van der Waals surface area contributed by atoms with Crippen LogP contribution in [-0.4, -0.2) is 18.6 Å². The molecule has 0 radical (unpaired) electrons. The van der Waals surface area contributed by atoms with E-state index in [9.17, 15) is 4.79 Å². The first-order valence-corrected chi connectivity index (χ1v) is 4.83. The van der Waals surface area contributed by atoms with Gasteiger partial charge in [-0.05, 0) is 26.3 Å². The van der Waals surface area contributed by atoms with E-state index in [1.807, 2.05) is 34.6 Å². The minimum absolute atomic E-state index is 0.0197. The highest BCUT2D eigenvalue weighted by Crippen LogP contribution is 2.02. The Balaban J connectivity index is 0. The second-order valence-electron chi connectivity index (χ2n) is 3.54. The number of hydrogen-bond acceptors (Lipinski definition) is 3. The first-order chi connectivity index (χ1) is 5.93. The number of hydrogen-bond donors (Lipinski definition) is 1. The Labute approximate surface area is 81.6 Å². The van der Waals surface area contributed by atoms with Crippen LogP contribution in [0.25, 0.3) is 0 Å². The monoisotopic (exact) mass is 189 g/mol. The zero-order chi connectivity index (χ0) is 10.9. The van der Waals surface area contributed by atoms with Crippen molar-refractivity contribution < 1.29 is 9.53 Å². The Kier molecular flexibility index (Phi) is 10.9. The topological polar surface area (TPSA) is 52.3 Å². The third-order valence-electron chi connectivity index (χ3n) is 0.942. The molecule has 3 heteroatoms. The molecule has 0 amide bonds. The molecular weight excluding hydrogens is 166 g/mol. The van der Waals surface area contributed by atoms with Crippen molar-refractivity contribution in [1.82, 2.24) is 0 Å². The molecule has 13 heavy (non-hydrogen) atoms. The number of carbonyl (C=O) groups is 1. The summed E-state index contributed by atoms with van der Waals surface area (Å²) < 4.78 is 4.92. The SMILES string of the molecule is CC(C)CC(=O)OC(C)C.CCN. The average molecular weight is 189 g/mol. The van der Waals surface area contributed by atoms with Gasteiger partial charge in [0.2, 0.25) is 0 Å². The number of rotatable bonds is 3. The maximum Gasteiger partial charge on any atom is 0.306 e. The predicted molar refractivity (Wildman–Crippen MR) is 55.4 cm³/mol. The molecule has 0 rings (SSSR count). The predicted octanol–water partition coefficient (Wildman–Crippen LogP) is 1.95. The molecule has 0 spiro atoms. The number of ether oxygens (including phenoxy) is 1. The van der Waals surface area contributed by atoms with E-state index in [1.165, 1.54) is 0 Å². The van der Waals surface area contributed by atoms with Crippen LogP contribution in [0.15, 0.2) is 0 Å². The Bertz CT molecular complexity index is 110. The quantitative estimate of drug-likeness (QED) is 0.690. The van der Waals surface area contributed by atoms with Crippen LogP contribution in [0.5, 0.6) is 0 Å². The molecule has 0 unspecified atom stereocenters. The van der Waals surface area contributed by atoms with Crippen molar-refractivity contribution in [3.05, 3.63) is 0 Å². The van der Waals surface area contributed by atoms with Crippen molar-refractivity contribution in [2.24, 2.45) is 11.7 Å². The van der Waals surface area contributed by atoms with E-state index in [1.54, 1.807) is 0 Å². The van der Waals surface area contributed by atoms with E-state index >= 15 is 0 Å². The van der Waals surface area contributed by atoms with Gasteiger partial charge in [0.15, 0.2) is 0 Å². The van der Waals surface area contributed by atoms with E-state index in [2.05, 4.69) is 0 Å². The van der Waals surface area contributed by atoms with Crippen molar-refractivity contribution in [2.75, 3.05) is 6.54 Å². The van der Waals surface area contributed by atoms with Gasteiger partial charge in [-0.3, -0.25) is 4.79 Å². The molecule has 0 heterocycles. The highest BCUT2D eigenvalue weighted by molar-refractivity contribution is 5.69. The van der Waals surface area contributed by atoms with Crippen LogP contribution in [0.2, 0.25) is 0 Å². The normalized spacial score (nSPS) is 9.54. The van der Waals surface area contributed by atoms with Gasteiger partial charge in [0.25, 0.3) is 0 Å². The van der Waals surface area contributed by atoms with Crippen LogP contribution >= 0.6 is 0 Å². The third kappa shape index (κ3) is 18.4. The van der Waals surface area contributed by atoms with Crippen LogP contribution in [-0.2, 0) is 9.53 Å². The molecule has 0 aromatic carbocycles. The average Bonchev–Trinajstić information content (AvgIpc) is 1.83. The first kappa shape index (κ1) is 14.9. The van der Waals surface area contributed by atoms with E-state index in [0.717, 1.165) is 6.54 Å². The van der Waals surface area contributed by atoms with Crippen molar-refractivity contribution in [2.45, 2.75) is 47.1 Å². The highest BCUT2D eigenvalue weighted by Gasteiger charge is 2.06. The van der Waals surface area contributed by atoms with Gasteiger partial charge in [-0.25, -0.2) is 0 Å². The molecular formula is C10H23NO2. The van der Waals surface area contributed by atoms with Crippen molar-refractivity contribution in [3.8, 4) is 0 Å². The maximum absolute atomic E-state index is 10.8. The van der Waals surface area contributed by atoms with E-state index < -0.39 is 0 Å². The molecule has 0 atom stereocenters. The fraction of sp³-hybridized carbons (Fsp3) is 0.900. The summed E-state index contributed by atoms with van der Waals surface area (Å²) in [5.41, 5.74) is 4.85. The summed E-state index contributed by atoms with van der Waals surface area (Å²) in [6.07, 6.45) is 0.546. The summed E-state index contributed by atoms with van der Waals surface area (Å²) in [6, 6.07) is 0. The lowest BCUT2D eigenvalue weighted by atomic mass is 10.1. The summed E-state index contributed by atoms with van der Waals surface area (Å²) >= 11 is 0. The second kappa shape index (κ2) is 9.52. The zero-order valence-corrected chi connectivity index (χ0v) is 9.46. The molecule has 0 aliphatic heterocycles. The number of carbonyl (C=O) groups excluding carboxylic acids is 1. The smallest absolute Gasteiger partial charge is 0.306 e. The van der Waals surface area contributed by atoms with Crippen LogP contribution in [0.1, 0.15) is 41.0 Å². The standard InChI is InChI=1S/C8H16O2.C2H7N/c1-6(2)5-8(9)10-7(3)4;1-2-3/h6-7H,5H2,1-4H3;2-3H2,1H3. The second-order valence-corrected chi connectivity index (χ2v) is 3.54.